The van der Waals surface area contributed by atoms with Crippen molar-refractivity contribution in [3.63, 3.8) is 0 Å². The first-order valence-corrected chi connectivity index (χ1v) is 5.42. The van der Waals surface area contributed by atoms with Gasteiger partial charge >= 0.3 is 11.9 Å². The lowest BCUT2D eigenvalue weighted by atomic mass is 9.94. The fourth-order valence-corrected chi connectivity index (χ4v) is 2.24. The Morgan fingerprint density at radius 3 is 2.24 bits per heavy atom. The lowest BCUT2D eigenvalue weighted by molar-refractivity contribution is -0.152. The fraction of sp³-hybridized carbons (Fsp3) is 0.385. The molecule has 4 nitrogen and oxygen atoms in total. The molecule has 1 aliphatic heterocycles. The molecule has 0 aromatic heterocycles. The maximum atomic E-state index is 11.5. The van der Waals surface area contributed by atoms with E-state index in [4.69, 9.17) is 4.74 Å². The van der Waals surface area contributed by atoms with Gasteiger partial charge in [0.05, 0.1) is 19.4 Å². The number of rotatable bonds is 2. The van der Waals surface area contributed by atoms with Gasteiger partial charge in [0.25, 0.3) is 0 Å². The molecule has 0 aliphatic carbocycles. The molecular formula is C13H14O4. The quantitative estimate of drug-likeness (QED) is 0.579. The first kappa shape index (κ1) is 11.6. The minimum absolute atomic E-state index is 0.129. The Kier molecular flexibility index (Phi) is 2.88. The van der Waals surface area contributed by atoms with Crippen LogP contribution in [0.4, 0.5) is 0 Å². The molecule has 2 rings (SSSR count). The minimum Gasteiger partial charge on any atom is -0.496 e. The van der Waals surface area contributed by atoms with Gasteiger partial charge in [-0.05, 0) is 30.5 Å². The number of aryl methyl sites for hydroxylation is 2. The fourth-order valence-electron chi connectivity index (χ4n) is 2.24. The number of cyclic esters (lactones) is 2. The smallest absolute Gasteiger partial charge is 0.321 e. The molecule has 0 N–H and O–H groups in total. The highest BCUT2D eigenvalue weighted by molar-refractivity contribution is 5.97. The van der Waals surface area contributed by atoms with Crippen LogP contribution in [0, 0.1) is 13.8 Å². The van der Waals surface area contributed by atoms with Gasteiger partial charge in [0, 0.05) is 0 Å². The summed E-state index contributed by atoms with van der Waals surface area (Å²) in [7, 11) is 1.61. The standard InChI is InChI=1S/C13H14O4/c1-7-4-9(5-8(2)12(7)16-3)10-6-11(14)17-13(10)15/h4-5,10H,6H2,1-3H3. The molecule has 1 heterocycles. The van der Waals surface area contributed by atoms with Crippen LogP contribution >= 0.6 is 0 Å². The number of hydrogen-bond acceptors (Lipinski definition) is 4. The Labute approximate surface area is 99.5 Å². The van der Waals surface area contributed by atoms with E-state index in [0.717, 1.165) is 22.4 Å². The molecule has 0 radical (unpaired) electrons. The topological polar surface area (TPSA) is 52.6 Å². The summed E-state index contributed by atoms with van der Waals surface area (Å²) in [4.78, 5) is 22.6. The second-order valence-corrected chi connectivity index (χ2v) is 4.24. The summed E-state index contributed by atoms with van der Waals surface area (Å²) in [6.45, 7) is 3.83. The third-order valence-corrected chi connectivity index (χ3v) is 2.96. The van der Waals surface area contributed by atoms with Gasteiger partial charge in [-0.25, -0.2) is 0 Å². The van der Waals surface area contributed by atoms with Crippen molar-refractivity contribution in [3.8, 4) is 5.75 Å². The molecule has 17 heavy (non-hydrogen) atoms. The highest BCUT2D eigenvalue weighted by Crippen LogP contribution is 2.32. The Balaban J connectivity index is 2.41. The first-order valence-electron chi connectivity index (χ1n) is 5.42. The average Bonchev–Trinajstić information content (AvgIpc) is 2.57. The molecule has 4 heteroatoms. The van der Waals surface area contributed by atoms with Crippen molar-refractivity contribution in [2.45, 2.75) is 26.2 Å². The van der Waals surface area contributed by atoms with Gasteiger partial charge in [-0.15, -0.1) is 0 Å². The van der Waals surface area contributed by atoms with Crippen LogP contribution in [0.25, 0.3) is 0 Å². The Bertz CT molecular complexity index is 467. The van der Waals surface area contributed by atoms with E-state index in [2.05, 4.69) is 4.74 Å². The van der Waals surface area contributed by atoms with Crippen LogP contribution in [0.5, 0.6) is 5.75 Å². The predicted molar refractivity (Wildman–Crippen MR) is 60.9 cm³/mol. The van der Waals surface area contributed by atoms with Crippen molar-refractivity contribution in [3.05, 3.63) is 28.8 Å². The second kappa shape index (κ2) is 4.20. The molecule has 1 unspecified atom stereocenters. The van der Waals surface area contributed by atoms with E-state index in [1.165, 1.54) is 0 Å². The van der Waals surface area contributed by atoms with Crippen molar-refractivity contribution < 1.29 is 19.1 Å². The van der Waals surface area contributed by atoms with Gasteiger partial charge in [-0.3, -0.25) is 9.59 Å². The van der Waals surface area contributed by atoms with Crippen LogP contribution in [-0.2, 0) is 14.3 Å². The number of hydrogen-bond donors (Lipinski definition) is 0. The Morgan fingerprint density at radius 2 is 1.82 bits per heavy atom. The molecule has 0 amide bonds. The van der Waals surface area contributed by atoms with E-state index >= 15 is 0 Å². The van der Waals surface area contributed by atoms with Gasteiger partial charge in [-0.1, -0.05) is 12.1 Å². The lowest BCUT2D eigenvalue weighted by Gasteiger charge is -2.12. The second-order valence-electron chi connectivity index (χ2n) is 4.24. The molecule has 1 aliphatic rings. The van der Waals surface area contributed by atoms with Crippen molar-refractivity contribution in [2.24, 2.45) is 0 Å². The minimum atomic E-state index is -0.467. The van der Waals surface area contributed by atoms with Crippen molar-refractivity contribution in [1.29, 1.82) is 0 Å². The third kappa shape index (κ3) is 2.02. The molecule has 0 saturated carbocycles. The number of carbonyl (C=O) groups is 2. The molecule has 1 atom stereocenters. The van der Waals surface area contributed by atoms with Crippen LogP contribution in [-0.4, -0.2) is 19.0 Å². The van der Waals surface area contributed by atoms with Gasteiger partial charge in [0.2, 0.25) is 0 Å². The first-order chi connectivity index (χ1) is 8.02. The summed E-state index contributed by atoms with van der Waals surface area (Å²) in [6.07, 6.45) is 0.129. The summed E-state index contributed by atoms with van der Waals surface area (Å²) in [5.74, 6) is -0.567. The van der Waals surface area contributed by atoms with Crippen LogP contribution in [0.15, 0.2) is 12.1 Å². The number of carbonyl (C=O) groups excluding carboxylic acids is 2. The molecule has 1 aromatic carbocycles. The highest BCUT2D eigenvalue weighted by atomic mass is 16.6. The van der Waals surface area contributed by atoms with Crippen molar-refractivity contribution >= 4 is 11.9 Å². The summed E-state index contributed by atoms with van der Waals surface area (Å²) >= 11 is 0. The third-order valence-electron chi connectivity index (χ3n) is 2.96. The van der Waals surface area contributed by atoms with E-state index < -0.39 is 17.9 Å². The number of benzene rings is 1. The summed E-state index contributed by atoms with van der Waals surface area (Å²) in [5.41, 5.74) is 2.72. The zero-order valence-electron chi connectivity index (χ0n) is 10.1. The van der Waals surface area contributed by atoms with E-state index in [9.17, 15) is 9.59 Å². The molecule has 1 fully saturated rings. The predicted octanol–water partition coefficient (Wildman–Crippen LogP) is 1.87. The maximum Gasteiger partial charge on any atom is 0.321 e. The van der Waals surface area contributed by atoms with Crippen LogP contribution < -0.4 is 4.74 Å². The number of methoxy groups -OCH3 is 1. The van der Waals surface area contributed by atoms with Gasteiger partial charge < -0.3 is 9.47 Å². The largest absolute Gasteiger partial charge is 0.496 e. The molecular weight excluding hydrogens is 220 g/mol. The monoisotopic (exact) mass is 234 g/mol. The van der Waals surface area contributed by atoms with Gasteiger partial charge in [0.1, 0.15) is 5.75 Å². The zero-order valence-corrected chi connectivity index (χ0v) is 10.1. The van der Waals surface area contributed by atoms with Crippen LogP contribution in [0.1, 0.15) is 29.0 Å². The SMILES string of the molecule is COc1c(C)cc(C2CC(=O)OC2=O)cc1C. The van der Waals surface area contributed by atoms with Crippen molar-refractivity contribution in [1.82, 2.24) is 0 Å². The Hall–Kier alpha value is -1.84. The lowest BCUT2D eigenvalue weighted by Crippen LogP contribution is -2.06. The molecule has 0 spiro atoms. The van der Waals surface area contributed by atoms with Crippen molar-refractivity contribution in [2.75, 3.05) is 7.11 Å². The van der Waals surface area contributed by atoms with E-state index in [-0.39, 0.29) is 6.42 Å². The number of esters is 2. The van der Waals surface area contributed by atoms with Crippen LogP contribution in [0.3, 0.4) is 0 Å². The number of ether oxygens (including phenoxy) is 2. The molecule has 90 valence electrons. The van der Waals surface area contributed by atoms with Gasteiger partial charge in [0.15, 0.2) is 0 Å². The normalized spacial score (nSPS) is 19.4. The van der Waals surface area contributed by atoms with E-state index in [1.807, 2.05) is 26.0 Å². The summed E-state index contributed by atoms with van der Waals surface area (Å²) in [6, 6.07) is 3.74. The maximum absolute atomic E-state index is 11.5. The Morgan fingerprint density at radius 1 is 1.24 bits per heavy atom. The van der Waals surface area contributed by atoms with E-state index in [0.29, 0.717) is 0 Å². The van der Waals surface area contributed by atoms with E-state index in [1.54, 1.807) is 7.11 Å². The molecule has 1 aromatic rings. The molecule has 1 saturated heterocycles. The molecule has 0 bridgehead atoms. The summed E-state index contributed by atoms with van der Waals surface area (Å²) in [5, 5.41) is 0. The zero-order chi connectivity index (χ0) is 12.6. The highest BCUT2D eigenvalue weighted by Gasteiger charge is 2.35. The summed E-state index contributed by atoms with van der Waals surface area (Å²) < 4.78 is 9.81. The van der Waals surface area contributed by atoms with Gasteiger partial charge in [-0.2, -0.15) is 0 Å². The van der Waals surface area contributed by atoms with Crippen LogP contribution in [0.2, 0.25) is 0 Å². The average molecular weight is 234 g/mol.